The zero-order chi connectivity index (χ0) is 14.8. The van der Waals surface area contributed by atoms with Gasteiger partial charge in [-0.3, -0.25) is 0 Å². The third-order valence-corrected chi connectivity index (χ3v) is 5.13. The predicted octanol–water partition coefficient (Wildman–Crippen LogP) is 3.07. The molecule has 1 aliphatic heterocycles. The Balaban J connectivity index is 1.79. The van der Waals surface area contributed by atoms with Crippen LogP contribution in [-0.4, -0.2) is 28.8 Å². The number of aliphatic hydroxyl groups is 1. The lowest BCUT2D eigenvalue weighted by Crippen LogP contribution is -2.30. The van der Waals surface area contributed by atoms with Crippen LogP contribution in [0.1, 0.15) is 24.0 Å². The van der Waals surface area contributed by atoms with Crippen LogP contribution in [0.5, 0.6) is 0 Å². The summed E-state index contributed by atoms with van der Waals surface area (Å²) in [7, 11) is 0. The van der Waals surface area contributed by atoms with Gasteiger partial charge in [-0.25, -0.2) is 4.98 Å². The minimum Gasteiger partial charge on any atom is -0.451 e. The molecule has 0 amide bonds. The zero-order valence-corrected chi connectivity index (χ0v) is 13.6. The molecule has 0 saturated carbocycles. The van der Waals surface area contributed by atoms with E-state index in [0.717, 1.165) is 41.5 Å². The molecule has 4 nitrogen and oxygen atoms in total. The van der Waals surface area contributed by atoms with Crippen molar-refractivity contribution in [2.45, 2.75) is 38.3 Å². The van der Waals surface area contributed by atoms with E-state index in [2.05, 4.69) is 45.3 Å². The molecule has 2 aromatic rings. The standard InChI is InChI=1S/C16H19BrN2O2/c1-10-6-11(2-3-13-15(20)4-5-18-13)7-12(16(10)17)14-8-21-9-19-14/h6-9,13,15,18,20H,2-5H2,1H3/t13?,15-/m0/s1. The molecule has 2 heterocycles. The summed E-state index contributed by atoms with van der Waals surface area (Å²) < 4.78 is 6.14. The van der Waals surface area contributed by atoms with E-state index in [4.69, 9.17) is 4.42 Å². The molecule has 0 radical (unpaired) electrons. The van der Waals surface area contributed by atoms with Crippen LogP contribution in [0.25, 0.3) is 11.3 Å². The summed E-state index contributed by atoms with van der Waals surface area (Å²) in [6.45, 7) is 3.00. The van der Waals surface area contributed by atoms with Gasteiger partial charge in [-0.2, -0.15) is 0 Å². The topological polar surface area (TPSA) is 58.3 Å². The average Bonchev–Trinajstić information content (AvgIpc) is 3.11. The van der Waals surface area contributed by atoms with Crippen LogP contribution in [-0.2, 0) is 6.42 Å². The maximum Gasteiger partial charge on any atom is 0.181 e. The Labute approximate surface area is 132 Å². The van der Waals surface area contributed by atoms with E-state index in [1.54, 1.807) is 6.26 Å². The number of aryl methyl sites for hydroxylation is 2. The Hall–Kier alpha value is -1.17. The van der Waals surface area contributed by atoms with Gasteiger partial charge in [-0.05, 0) is 65.9 Å². The Morgan fingerprint density at radius 3 is 3.00 bits per heavy atom. The second kappa shape index (κ2) is 6.30. The normalized spacial score (nSPS) is 21.9. The van der Waals surface area contributed by atoms with Crippen LogP contribution in [0.15, 0.2) is 33.7 Å². The van der Waals surface area contributed by atoms with Crippen molar-refractivity contribution in [3.63, 3.8) is 0 Å². The van der Waals surface area contributed by atoms with Gasteiger partial charge in [0.25, 0.3) is 0 Å². The van der Waals surface area contributed by atoms with Crippen LogP contribution < -0.4 is 5.32 Å². The van der Waals surface area contributed by atoms with E-state index in [0.29, 0.717) is 0 Å². The first-order valence-corrected chi connectivity index (χ1v) is 8.03. The second-order valence-electron chi connectivity index (χ2n) is 5.60. The van der Waals surface area contributed by atoms with E-state index in [-0.39, 0.29) is 12.1 Å². The summed E-state index contributed by atoms with van der Waals surface area (Å²) in [5.41, 5.74) is 4.34. The number of hydrogen-bond donors (Lipinski definition) is 2. The quantitative estimate of drug-likeness (QED) is 0.889. The van der Waals surface area contributed by atoms with Gasteiger partial charge >= 0.3 is 0 Å². The third-order valence-electron chi connectivity index (χ3n) is 4.08. The molecule has 3 rings (SSSR count). The number of oxazole rings is 1. The molecule has 1 fully saturated rings. The minimum atomic E-state index is -0.212. The maximum absolute atomic E-state index is 9.88. The highest BCUT2D eigenvalue weighted by molar-refractivity contribution is 9.10. The Morgan fingerprint density at radius 2 is 2.33 bits per heavy atom. The molecule has 1 aromatic heterocycles. The number of rotatable bonds is 4. The fraction of sp³-hybridized carbons (Fsp3) is 0.438. The van der Waals surface area contributed by atoms with E-state index in [9.17, 15) is 5.11 Å². The van der Waals surface area contributed by atoms with Gasteiger partial charge in [0.15, 0.2) is 6.39 Å². The molecule has 1 unspecified atom stereocenters. The molecule has 2 N–H and O–H groups in total. The van der Waals surface area contributed by atoms with Gasteiger partial charge in [-0.1, -0.05) is 6.07 Å². The highest BCUT2D eigenvalue weighted by Gasteiger charge is 2.24. The van der Waals surface area contributed by atoms with Gasteiger partial charge in [0.1, 0.15) is 12.0 Å². The minimum absolute atomic E-state index is 0.212. The summed E-state index contributed by atoms with van der Waals surface area (Å²) in [5.74, 6) is 0. The van der Waals surface area contributed by atoms with Crippen molar-refractivity contribution in [3.05, 3.63) is 40.4 Å². The van der Waals surface area contributed by atoms with Crippen LogP contribution in [0.2, 0.25) is 0 Å². The summed E-state index contributed by atoms with van der Waals surface area (Å²) >= 11 is 3.63. The van der Waals surface area contributed by atoms with Crippen LogP contribution in [0, 0.1) is 6.92 Å². The molecule has 21 heavy (non-hydrogen) atoms. The van der Waals surface area contributed by atoms with E-state index < -0.39 is 0 Å². The highest BCUT2D eigenvalue weighted by Crippen LogP contribution is 2.32. The van der Waals surface area contributed by atoms with Crippen molar-refractivity contribution < 1.29 is 9.52 Å². The Bertz CT molecular complexity index is 613. The van der Waals surface area contributed by atoms with E-state index in [1.807, 2.05) is 0 Å². The van der Waals surface area contributed by atoms with Gasteiger partial charge in [-0.15, -0.1) is 0 Å². The molecule has 0 spiro atoms. The molecular formula is C16H19BrN2O2. The number of halogens is 1. The lowest BCUT2D eigenvalue weighted by atomic mass is 9.98. The average molecular weight is 351 g/mol. The number of aromatic nitrogens is 1. The van der Waals surface area contributed by atoms with E-state index in [1.165, 1.54) is 17.5 Å². The van der Waals surface area contributed by atoms with Crippen molar-refractivity contribution in [1.82, 2.24) is 10.3 Å². The molecular weight excluding hydrogens is 332 g/mol. The molecule has 1 aromatic carbocycles. The summed E-state index contributed by atoms with van der Waals surface area (Å²) in [4.78, 5) is 4.23. The lowest BCUT2D eigenvalue weighted by Gasteiger charge is -2.15. The van der Waals surface area contributed by atoms with Crippen molar-refractivity contribution in [2.75, 3.05) is 6.54 Å². The maximum atomic E-state index is 9.88. The largest absolute Gasteiger partial charge is 0.451 e. The van der Waals surface area contributed by atoms with Gasteiger partial charge < -0.3 is 14.8 Å². The third kappa shape index (κ3) is 3.20. The van der Waals surface area contributed by atoms with Crippen molar-refractivity contribution in [2.24, 2.45) is 0 Å². The molecule has 1 aliphatic rings. The van der Waals surface area contributed by atoms with Crippen molar-refractivity contribution in [1.29, 1.82) is 0 Å². The van der Waals surface area contributed by atoms with Crippen LogP contribution in [0.3, 0.4) is 0 Å². The monoisotopic (exact) mass is 350 g/mol. The number of aliphatic hydroxyl groups excluding tert-OH is 1. The molecule has 2 atom stereocenters. The molecule has 0 aliphatic carbocycles. The van der Waals surface area contributed by atoms with Crippen molar-refractivity contribution >= 4 is 15.9 Å². The predicted molar refractivity (Wildman–Crippen MR) is 85.1 cm³/mol. The molecule has 112 valence electrons. The van der Waals surface area contributed by atoms with E-state index >= 15 is 0 Å². The Kier molecular flexibility index (Phi) is 4.42. The van der Waals surface area contributed by atoms with Crippen molar-refractivity contribution in [3.8, 4) is 11.3 Å². The SMILES string of the molecule is Cc1cc(CCC2NCC[C@@H]2O)cc(-c2cocn2)c1Br. The number of hydrogen-bond acceptors (Lipinski definition) is 4. The van der Waals surface area contributed by atoms with Crippen LogP contribution in [0.4, 0.5) is 0 Å². The molecule has 1 saturated heterocycles. The van der Waals surface area contributed by atoms with Gasteiger partial charge in [0.05, 0.1) is 6.10 Å². The van der Waals surface area contributed by atoms with Gasteiger partial charge in [0.2, 0.25) is 0 Å². The number of benzene rings is 1. The smallest absolute Gasteiger partial charge is 0.181 e. The first kappa shape index (κ1) is 14.8. The fourth-order valence-corrected chi connectivity index (χ4v) is 3.32. The number of nitrogens with one attached hydrogen (secondary N) is 1. The second-order valence-corrected chi connectivity index (χ2v) is 6.40. The summed E-state index contributed by atoms with van der Waals surface area (Å²) in [6.07, 6.45) is 5.63. The first-order valence-electron chi connectivity index (χ1n) is 7.24. The zero-order valence-electron chi connectivity index (χ0n) is 12.0. The van der Waals surface area contributed by atoms with Gasteiger partial charge in [0, 0.05) is 16.1 Å². The molecule has 5 heteroatoms. The molecule has 0 bridgehead atoms. The first-order chi connectivity index (χ1) is 10.1. The summed E-state index contributed by atoms with van der Waals surface area (Å²) in [6, 6.07) is 4.55. The summed E-state index contributed by atoms with van der Waals surface area (Å²) in [5, 5.41) is 13.2. The fourth-order valence-electron chi connectivity index (χ4n) is 2.89. The lowest BCUT2D eigenvalue weighted by molar-refractivity contribution is 0.155. The van der Waals surface area contributed by atoms with Crippen LogP contribution >= 0.6 is 15.9 Å². The number of nitrogens with zero attached hydrogens (tertiary/aromatic N) is 1. The highest BCUT2D eigenvalue weighted by atomic mass is 79.9. The Morgan fingerprint density at radius 1 is 1.48 bits per heavy atom.